The maximum absolute atomic E-state index is 12.1. The standard InChI is InChI=1S/C21H26O2.C19H22O2.4CH4/c1-6-21(4,5)20(22)23-19-13-11-18(12-14-19)17-9-7-16(8-10-17)15(2)3;1-5-19(3,4)18(20)21-17-12-10-16(11-13-17)15-8-6-14(2)7-9-15;;;;/h7-15H,6H2,1-5H3;6-13H,5H2,1-4H3;4*1H4. The summed E-state index contributed by atoms with van der Waals surface area (Å²) in [4.78, 5) is 24.1. The van der Waals surface area contributed by atoms with Crippen LogP contribution in [0.5, 0.6) is 11.5 Å². The number of hydrogen-bond acceptors (Lipinski definition) is 4. The molecule has 0 amide bonds. The molecule has 0 saturated heterocycles. The molecule has 4 nitrogen and oxygen atoms in total. The van der Waals surface area contributed by atoms with Gasteiger partial charge in [-0.3, -0.25) is 9.59 Å². The van der Waals surface area contributed by atoms with Gasteiger partial charge in [0.25, 0.3) is 0 Å². The summed E-state index contributed by atoms with van der Waals surface area (Å²) in [6, 6.07) is 32.3. The minimum Gasteiger partial charge on any atom is -0.426 e. The second-order valence-corrected chi connectivity index (χ2v) is 12.9. The normalized spacial score (nSPS) is 10.5. The fourth-order valence-corrected chi connectivity index (χ4v) is 4.02. The van der Waals surface area contributed by atoms with E-state index in [9.17, 15) is 9.59 Å². The van der Waals surface area contributed by atoms with Crippen LogP contribution in [-0.2, 0) is 9.59 Å². The number of carbonyl (C=O) groups is 2. The molecule has 0 saturated carbocycles. The van der Waals surface area contributed by atoms with Crippen LogP contribution in [0.15, 0.2) is 97.1 Å². The van der Waals surface area contributed by atoms with Gasteiger partial charge in [-0.25, -0.2) is 0 Å². The van der Waals surface area contributed by atoms with Crippen LogP contribution >= 0.6 is 0 Å². The van der Waals surface area contributed by atoms with Crippen molar-refractivity contribution in [1.29, 1.82) is 0 Å². The third-order valence-corrected chi connectivity index (χ3v) is 8.30. The number of esters is 2. The Labute approximate surface area is 293 Å². The van der Waals surface area contributed by atoms with Crippen molar-refractivity contribution in [3.63, 3.8) is 0 Å². The zero-order valence-electron chi connectivity index (χ0n) is 27.9. The summed E-state index contributed by atoms with van der Waals surface area (Å²) < 4.78 is 10.9. The lowest BCUT2D eigenvalue weighted by Gasteiger charge is -2.20. The third kappa shape index (κ3) is 12.8. The van der Waals surface area contributed by atoms with Gasteiger partial charge in [-0.1, -0.05) is 136 Å². The second kappa shape index (κ2) is 20.2. The van der Waals surface area contributed by atoms with Crippen LogP contribution in [0.2, 0.25) is 0 Å². The van der Waals surface area contributed by atoms with Crippen molar-refractivity contribution < 1.29 is 19.1 Å². The zero-order valence-corrected chi connectivity index (χ0v) is 27.9. The molecule has 0 radical (unpaired) electrons. The largest absolute Gasteiger partial charge is 0.426 e. The van der Waals surface area contributed by atoms with Crippen molar-refractivity contribution in [2.45, 2.75) is 111 Å². The quantitative estimate of drug-likeness (QED) is 0.133. The highest BCUT2D eigenvalue weighted by Gasteiger charge is 2.28. The minimum atomic E-state index is -0.453. The third-order valence-electron chi connectivity index (χ3n) is 8.30. The van der Waals surface area contributed by atoms with Crippen molar-refractivity contribution in [2.24, 2.45) is 10.8 Å². The minimum absolute atomic E-state index is 0. The van der Waals surface area contributed by atoms with E-state index in [4.69, 9.17) is 9.47 Å². The molecule has 0 heterocycles. The van der Waals surface area contributed by atoms with E-state index in [1.54, 1.807) is 0 Å². The van der Waals surface area contributed by atoms with Crippen LogP contribution in [0.25, 0.3) is 22.3 Å². The first-order valence-electron chi connectivity index (χ1n) is 15.6. The van der Waals surface area contributed by atoms with E-state index in [1.807, 2.05) is 90.1 Å². The van der Waals surface area contributed by atoms with Crippen molar-refractivity contribution in [2.75, 3.05) is 0 Å². The maximum atomic E-state index is 12.1. The monoisotopic (exact) mass is 656 g/mol. The van der Waals surface area contributed by atoms with Crippen LogP contribution in [0.1, 0.15) is 115 Å². The molecular formula is C44H64O4. The first-order valence-corrected chi connectivity index (χ1v) is 15.6. The van der Waals surface area contributed by atoms with Crippen molar-refractivity contribution in [3.8, 4) is 33.8 Å². The molecule has 4 aromatic rings. The van der Waals surface area contributed by atoms with Crippen LogP contribution in [0.3, 0.4) is 0 Å². The van der Waals surface area contributed by atoms with E-state index in [2.05, 4.69) is 69.3 Å². The number of ether oxygens (including phenoxy) is 2. The highest BCUT2D eigenvalue weighted by molar-refractivity contribution is 5.79. The zero-order chi connectivity index (χ0) is 32.5. The molecule has 0 aliphatic rings. The maximum Gasteiger partial charge on any atom is 0.316 e. The van der Waals surface area contributed by atoms with Gasteiger partial charge >= 0.3 is 11.9 Å². The molecular weight excluding hydrogens is 592 g/mol. The van der Waals surface area contributed by atoms with E-state index >= 15 is 0 Å². The SMILES string of the molecule is C.C.C.C.CCC(C)(C)C(=O)Oc1ccc(-c2ccc(C(C)C)cc2)cc1.CCC(C)(C)C(=O)Oc1ccc(-c2ccc(C)cc2)cc1. The number of hydrogen-bond donors (Lipinski definition) is 0. The summed E-state index contributed by atoms with van der Waals surface area (Å²) >= 11 is 0. The van der Waals surface area contributed by atoms with E-state index in [0.717, 1.165) is 29.5 Å². The van der Waals surface area contributed by atoms with Gasteiger partial charge in [0, 0.05) is 0 Å². The summed E-state index contributed by atoms with van der Waals surface area (Å²) in [5.74, 6) is 1.35. The molecule has 0 fully saturated rings. The Balaban J connectivity index is 0. The second-order valence-electron chi connectivity index (χ2n) is 12.9. The van der Waals surface area contributed by atoms with E-state index in [1.165, 1.54) is 16.7 Å². The van der Waals surface area contributed by atoms with E-state index in [-0.39, 0.29) is 41.6 Å². The van der Waals surface area contributed by atoms with Crippen molar-refractivity contribution in [1.82, 2.24) is 0 Å². The molecule has 0 bridgehead atoms. The molecule has 0 aliphatic heterocycles. The number of aryl methyl sites for hydroxylation is 1. The van der Waals surface area contributed by atoms with Gasteiger partial charge < -0.3 is 9.47 Å². The summed E-state index contributed by atoms with van der Waals surface area (Å²) in [5.41, 5.74) is 6.24. The first-order chi connectivity index (χ1) is 20.8. The fraction of sp³-hybridized carbons (Fsp3) is 0.409. The molecule has 4 heteroatoms. The fourth-order valence-electron chi connectivity index (χ4n) is 4.02. The van der Waals surface area contributed by atoms with Gasteiger partial charge in [-0.05, 0) is 105 Å². The van der Waals surface area contributed by atoms with Crippen molar-refractivity contribution in [3.05, 3.63) is 108 Å². The molecule has 0 aliphatic carbocycles. The van der Waals surface area contributed by atoms with Crippen LogP contribution < -0.4 is 9.47 Å². The lowest BCUT2D eigenvalue weighted by atomic mass is 9.91. The van der Waals surface area contributed by atoms with Crippen LogP contribution in [0, 0.1) is 17.8 Å². The Morgan fingerprint density at radius 3 is 1.06 bits per heavy atom. The number of rotatable bonds is 9. The number of benzene rings is 4. The molecule has 48 heavy (non-hydrogen) atoms. The topological polar surface area (TPSA) is 52.6 Å². The highest BCUT2D eigenvalue weighted by atomic mass is 16.5. The molecule has 4 rings (SSSR count). The molecule has 0 atom stereocenters. The van der Waals surface area contributed by atoms with Crippen molar-refractivity contribution >= 4 is 11.9 Å². The Morgan fingerprint density at radius 2 is 0.792 bits per heavy atom. The summed E-state index contributed by atoms with van der Waals surface area (Å²) in [6.07, 6.45) is 1.51. The lowest BCUT2D eigenvalue weighted by Crippen LogP contribution is -2.28. The van der Waals surface area contributed by atoms with Crippen LogP contribution in [-0.4, -0.2) is 11.9 Å². The Bertz CT molecular complexity index is 1490. The van der Waals surface area contributed by atoms with Gasteiger partial charge in [-0.15, -0.1) is 0 Å². The van der Waals surface area contributed by atoms with Gasteiger partial charge in [-0.2, -0.15) is 0 Å². The smallest absolute Gasteiger partial charge is 0.316 e. The van der Waals surface area contributed by atoms with E-state index in [0.29, 0.717) is 17.4 Å². The molecule has 264 valence electrons. The molecule has 0 unspecified atom stereocenters. The predicted molar refractivity (Wildman–Crippen MR) is 209 cm³/mol. The molecule has 0 aromatic heterocycles. The average Bonchev–Trinajstić information content (AvgIpc) is 3.02. The number of carbonyl (C=O) groups excluding carboxylic acids is 2. The summed E-state index contributed by atoms with van der Waals surface area (Å²) in [6.45, 7) is 18.0. The van der Waals surface area contributed by atoms with E-state index < -0.39 is 10.8 Å². The van der Waals surface area contributed by atoms with Crippen LogP contribution in [0.4, 0.5) is 0 Å². The van der Waals surface area contributed by atoms with Gasteiger partial charge in [0.05, 0.1) is 10.8 Å². The average molecular weight is 657 g/mol. The Hall–Kier alpha value is -4.18. The molecule has 0 spiro atoms. The van der Waals surface area contributed by atoms with Gasteiger partial charge in [0.15, 0.2) is 0 Å². The van der Waals surface area contributed by atoms with Gasteiger partial charge in [0.2, 0.25) is 0 Å². The Morgan fingerprint density at radius 1 is 0.521 bits per heavy atom. The molecule has 4 aromatic carbocycles. The predicted octanol–water partition coefficient (Wildman–Crippen LogP) is 13.4. The van der Waals surface area contributed by atoms with Gasteiger partial charge in [0.1, 0.15) is 11.5 Å². The highest BCUT2D eigenvalue weighted by Crippen LogP contribution is 2.28. The summed E-state index contributed by atoms with van der Waals surface area (Å²) in [5, 5.41) is 0. The lowest BCUT2D eigenvalue weighted by molar-refractivity contribution is -0.144. The first kappa shape index (κ1) is 45.9. The Kier molecular flexibility index (Phi) is 19.4. The molecule has 0 N–H and O–H groups in total. The summed E-state index contributed by atoms with van der Waals surface area (Å²) in [7, 11) is 0.